The van der Waals surface area contributed by atoms with Crippen molar-refractivity contribution in [2.75, 3.05) is 11.9 Å². The molecule has 1 N–H and O–H groups in total. The molecule has 0 radical (unpaired) electrons. The Bertz CT molecular complexity index is 643. The number of nitrogens with zero attached hydrogens (tertiary/aromatic N) is 2. The van der Waals surface area contributed by atoms with Gasteiger partial charge in [0.15, 0.2) is 0 Å². The van der Waals surface area contributed by atoms with Crippen LogP contribution >= 0.6 is 0 Å². The van der Waals surface area contributed by atoms with Crippen molar-refractivity contribution in [1.82, 2.24) is 4.98 Å². The van der Waals surface area contributed by atoms with Crippen LogP contribution in [-0.4, -0.2) is 17.1 Å². The lowest BCUT2D eigenvalue weighted by atomic mass is 10.0. The summed E-state index contributed by atoms with van der Waals surface area (Å²) in [7, 11) is 1.87. The zero-order valence-corrected chi connectivity index (χ0v) is 12.9. The van der Waals surface area contributed by atoms with Crippen LogP contribution in [0.3, 0.4) is 0 Å². The summed E-state index contributed by atoms with van der Waals surface area (Å²) in [5, 5.41) is 9.61. The highest BCUT2D eigenvalue weighted by Crippen LogP contribution is 2.29. The van der Waals surface area contributed by atoms with E-state index in [0.717, 1.165) is 16.8 Å². The van der Waals surface area contributed by atoms with E-state index in [0.29, 0.717) is 11.4 Å². The normalized spacial score (nSPS) is 12.3. The second-order valence-corrected chi connectivity index (χ2v) is 5.35. The number of hydrogen-bond donors (Lipinski definition) is 1. The van der Waals surface area contributed by atoms with E-state index in [4.69, 9.17) is 0 Å². The Hall–Kier alpha value is -1.94. The molecule has 0 amide bonds. The maximum absolute atomic E-state index is 14.0. The van der Waals surface area contributed by atoms with Crippen molar-refractivity contribution in [1.29, 1.82) is 0 Å². The fraction of sp³-hybridized carbons (Fsp3) is 0.353. The largest absolute Gasteiger partial charge is 0.392 e. The number of halogens is 1. The number of aliphatic hydroxyl groups excluding tert-OH is 1. The predicted octanol–water partition coefficient (Wildman–Crippen LogP) is 3.53. The Morgan fingerprint density at radius 3 is 2.57 bits per heavy atom. The van der Waals surface area contributed by atoms with E-state index >= 15 is 0 Å². The first kappa shape index (κ1) is 15.4. The summed E-state index contributed by atoms with van der Waals surface area (Å²) in [6, 6.07) is 8.51. The third-order valence-electron chi connectivity index (χ3n) is 3.88. The lowest BCUT2D eigenvalue weighted by Gasteiger charge is -2.29. The van der Waals surface area contributed by atoms with E-state index in [9.17, 15) is 9.50 Å². The van der Waals surface area contributed by atoms with Crippen LogP contribution in [0.5, 0.6) is 0 Å². The molecule has 0 spiro atoms. The molecule has 2 aromatic rings. The van der Waals surface area contributed by atoms with Gasteiger partial charge in [-0.25, -0.2) is 9.37 Å². The second-order valence-electron chi connectivity index (χ2n) is 5.35. The number of aryl methyl sites for hydroxylation is 2. The van der Waals surface area contributed by atoms with Crippen LogP contribution in [-0.2, 0) is 6.61 Å². The van der Waals surface area contributed by atoms with Crippen LogP contribution in [0.1, 0.15) is 35.3 Å². The molecule has 0 saturated carbocycles. The fourth-order valence-corrected chi connectivity index (χ4v) is 2.54. The molecule has 4 heteroatoms. The average Bonchev–Trinajstić information content (AvgIpc) is 2.45. The van der Waals surface area contributed by atoms with Gasteiger partial charge in [0.2, 0.25) is 0 Å². The third-order valence-corrected chi connectivity index (χ3v) is 3.88. The number of hydrogen-bond acceptors (Lipinski definition) is 3. The topological polar surface area (TPSA) is 36.4 Å². The Labute approximate surface area is 125 Å². The quantitative estimate of drug-likeness (QED) is 0.935. The molecule has 1 atom stereocenters. The highest BCUT2D eigenvalue weighted by molar-refractivity contribution is 5.52. The first-order valence-corrected chi connectivity index (χ1v) is 7.01. The van der Waals surface area contributed by atoms with Crippen molar-refractivity contribution in [3.8, 4) is 0 Å². The SMILES string of the molecule is Cc1cc(C)c(CO)c(N(C)C(C)c2ccccc2F)n1. The summed E-state index contributed by atoms with van der Waals surface area (Å²) in [4.78, 5) is 6.43. The number of rotatable bonds is 4. The van der Waals surface area contributed by atoms with Crippen molar-refractivity contribution in [2.24, 2.45) is 0 Å². The molecule has 21 heavy (non-hydrogen) atoms. The molecule has 1 heterocycles. The zero-order valence-electron chi connectivity index (χ0n) is 12.9. The molecule has 0 bridgehead atoms. The van der Waals surface area contributed by atoms with Gasteiger partial charge >= 0.3 is 0 Å². The molecule has 0 saturated heterocycles. The van der Waals surface area contributed by atoms with Crippen LogP contribution in [0.25, 0.3) is 0 Å². The van der Waals surface area contributed by atoms with E-state index < -0.39 is 0 Å². The van der Waals surface area contributed by atoms with Gasteiger partial charge < -0.3 is 10.0 Å². The summed E-state index contributed by atoms with van der Waals surface area (Å²) < 4.78 is 14.0. The molecule has 112 valence electrons. The number of aromatic nitrogens is 1. The maximum Gasteiger partial charge on any atom is 0.134 e. The molecule has 2 rings (SSSR count). The van der Waals surface area contributed by atoms with Gasteiger partial charge in [-0.15, -0.1) is 0 Å². The van der Waals surface area contributed by atoms with E-state index in [1.165, 1.54) is 6.07 Å². The number of benzene rings is 1. The van der Waals surface area contributed by atoms with Gasteiger partial charge in [-0.05, 0) is 38.5 Å². The minimum absolute atomic E-state index is 0.0806. The van der Waals surface area contributed by atoms with Crippen LogP contribution in [0.2, 0.25) is 0 Å². The minimum Gasteiger partial charge on any atom is -0.392 e. The Balaban J connectivity index is 2.45. The van der Waals surface area contributed by atoms with Crippen LogP contribution < -0.4 is 4.90 Å². The van der Waals surface area contributed by atoms with Crippen molar-refractivity contribution in [3.05, 3.63) is 58.5 Å². The molecule has 1 aromatic heterocycles. The fourth-order valence-electron chi connectivity index (χ4n) is 2.54. The zero-order chi connectivity index (χ0) is 15.6. The Morgan fingerprint density at radius 2 is 1.95 bits per heavy atom. The summed E-state index contributed by atoms with van der Waals surface area (Å²) in [6.07, 6.45) is 0. The number of pyridine rings is 1. The monoisotopic (exact) mass is 288 g/mol. The molecule has 3 nitrogen and oxygen atoms in total. The summed E-state index contributed by atoms with van der Waals surface area (Å²) in [5.41, 5.74) is 3.27. The second kappa shape index (κ2) is 6.22. The standard InChI is InChI=1S/C17H21FN2O/c1-11-9-12(2)19-17(15(11)10-21)20(4)13(3)14-7-5-6-8-16(14)18/h5-9,13,21H,10H2,1-4H3. The average molecular weight is 288 g/mol. The summed E-state index contributed by atoms with van der Waals surface area (Å²) in [5.74, 6) is 0.470. The van der Waals surface area contributed by atoms with Gasteiger partial charge in [0, 0.05) is 23.9 Å². The first-order chi connectivity index (χ1) is 9.95. The van der Waals surface area contributed by atoms with E-state index in [1.807, 2.05) is 44.9 Å². The maximum atomic E-state index is 14.0. The molecule has 1 unspecified atom stereocenters. The lowest BCUT2D eigenvalue weighted by molar-refractivity contribution is 0.280. The minimum atomic E-state index is -0.230. The summed E-state index contributed by atoms with van der Waals surface area (Å²) >= 11 is 0. The highest BCUT2D eigenvalue weighted by atomic mass is 19.1. The van der Waals surface area contributed by atoms with E-state index in [2.05, 4.69) is 4.98 Å². The highest BCUT2D eigenvalue weighted by Gasteiger charge is 2.20. The Morgan fingerprint density at radius 1 is 1.29 bits per heavy atom. The molecular weight excluding hydrogens is 267 g/mol. The molecule has 0 aliphatic carbocycles. The summed E-state index contributed by atoms with van der Waals surface area (Å²) in [6.45, 7) is 5.71. The van der Waals surface area contributed by atoms with Crippen molar-refractivity contribution in [3.63, 3.8) is 0 Å². The molecule has 0 aliphatic rings. The van der Waals surface area contributed by atoms with Crippen LogP contribution in [0.15, 0.2) is 30.3 Å². The first-order valence-electron chi connectivity index (χ1n) is 7.01. The smallest absolute Gasteiger partial charge is 0.134 e. The van der Waals surface area contributed by atoms with E-state index in [-0.39, 0.29) is 18.5 Å². The van der Waals surface area contributed by atoms with Crippen molar-refractivity contribution >= 4 is 5.82 Å². The van der Waals surface area contributed by atoms with Gasteiger partial charge in [-0.1, -0.05) is 18.2 Å². The van der Waals surface area contributed by atoms with Crippen molar-refractivity contribution < 1.29 is 9.50 Å². The van der Waals surface area contributed by atoms with E-state index in [1.54, 1.807) is 12.1 Å². The molecular formula is C17H21FN2O. The van der Waals surface area contributed by atoms with Crippen LogP contribution in [0.4, 0.5) is 10.2 Å². The van der Waals surface area contributed by atoms with Gasteiger partial charge in [-0.3, -0.25) is 0 Å². The van der Waals surface area contributed by atoms with Crippen LogP contribution in [0, 0.1) is 19.7 Å². The van der Waals surface area contributed by atoms with Crippen molar-refractivity contribution in [2.45, 2.75) is 33.4 Å². The third kappa shape index (κ3) is 3.05. The van der Waals surface area contributed by atoms with Gasteiger partial charge in [0.25, 0.3) is 0 Å². The lowest BCUT2D eigenvalue weighted by Crippen LogP contribution is -2.25. The molecule has 0 aliphatic heterocycles. The number of aliphatic hydroxyl groups is 1. The van der Waals surface area contributed by atoms with Gasteiger partial charge in [0.1, 0.15) is 11.6 Å². The Kier molecular flexibility index (Phi) is 4.58. The van der Waals surface area contributed by atoms with Gasteiger partial charge in [-0.2, -0.15) is 0 Å². The van der Waals surface area contributed by atoms with Gasteiger partial charge in [0.05, 0.1) is 12.6 Å². The molecule has 1 aromatic carbocycles. The molecule has 0 fully saturated rings. The predicted molar refractivity (Wildman–Crippen MR) is 82.9 cm³/mol. The number of anilines is 1.